The molecule has 1 amide bonds. The maximum atomic E-state index is 13.4. The van der Waals surface area contributed by atoms with Crippen molar-refractivity contribution in [3.63, 3.8) is 0 Å². The highest BCUT2D eigenvalue weighted by atomic mass is 16.7. The standard InChI is InChI=1S/C30H33N3O5/c1-35-18-23-6-4-14-33(23)28(20-5-3-7-24(15-20)36-2)21-8-11-27(31-17-21)32-29(34)30(12-13-30)22-9-10-25-26(16-22)38-19-37-25/h3,5,7-11,15-17,23,28H,4,6,12-14,18-19H2,1-2H3,(H,31,32,34)/t23-,28?/m0/s1. The van der Waals surface area contributed by atoms with Gasteiger partial charge < -0.3 is 24.3 Å². The van der Waals surface area contributed by atoms with Crippen LogP contribution in [0.5, 0.6) is 17.2 Å². The Morgan fingerprint density at radius 2 is 1.97 bits per heavy atom. The fraction of sp³-hybridized carbons (Fsp3) is 0.400. The summed E-state index contributed by atoms with van der Waals surface area (Å²) in [4.78, 5) is 20.5. The van der Waals surface area contributed by atoms with Crippen LogP contribution in [-0.4, -0.2) is 56.0 Å². The Kier molecular flexibility index (Phi) is 6.68. The molecule has 1 unspecified atom stereocenters. The molecule has 1 saturated carbocycles. The minimum atomic E-state index is -0.548. The topological polar surface area (TPSA) is 82.2 Å². The molecular formula is C30H33N3O5. The highest BCUT2D eigenvalue weighted by Crippen LogP contribution is 2.51. The molecule has 2 atom stereocenters. The van der Waals surface area contributed by atoms with Crippen molar-refractivity contribution in [2.24, 2.45) is 0 Å². The van der Waals surface area contributed by atoms with Gasteiger partial charge in [-0.25, -0.2) is 4.98 Å². The molecule has 1 saturated heterocycles. The van der Waals surface area contributed by atoms with E-state index in [1.54, 1.807) is 14.2 Å². The molecule has 198 valence electrons. The molecule has 2 aliphatic heterocycles. The fourth-order valence-electron chi connectivity index (χ4n) is 5.80. The van der Waals surface area contributed by atoms with Crippen molar-refractivity contribution in [3.05, 3.63) is 77.5 Å². The lowest BCUT2D eigenvalue weighted by Gasteiger charge is -2.33. The van der Waals surface area contributed by atoms with E-state index < -0.39 is 5.41 Å². The summed E-state index contributed by atoms with van der Waals surface area (Å²) < 4.78 is 22.0. The lowest BCUT2D eigenvalue weighted by Crippen LogP contribution is -2.37. The number of ether oxygens (including phenoxy) is 4. The van der Waals surface area contributed by atoms with Gasteiger partial charge in [0.15, 0.2) is 11.5 Å². The Morgan fingerprint density at radius 3 is 2.74 bits per heavy atom. The van der Waals surface area contributed by atoms with Gasteiger partial charge in [0.05, 0.1) is 25.2 Å². The number of fused-ring (bicyclic) bond motifs is 1. The van der Waals surface area contributed by atoms with Crippen LogP contribution >= 0.6 is 0 Å². The Labute approximate surface area is 222 Å². The lowest BCUT2D eigenvalue weighted by molar-refractivity contribution is -0.118. The first-order valence-electron chi connectivity index (χ1n) is 13.2. The van der Waals surface area contributed by atoms with Gasteiger partial charge in [0.2, 0.25) is 12.7 Å². The minimum absolute atomic E-state index is 0.00779. The highest BCUT2D eigenvalue weighted by molar-refractivity contribution is 6.01. The monoisotopic (exact) mass is 515 g/mol. The molecule has 2 aromatic carbocycles. The number of carbonyl (C=O) groups is 1. The Bertz CT molecular complexity index is 1310. The number of nitrogens with one attached hydrogen (secondary N) is 1. The second-order valence-electron chi connectivity index (χ2n) is 10.2. The van der Waals surface area contributed by atoms with E-state index in [2.05, 4.69) is 33.4 Å². The number of hydrogen-bond acceptors (Lipinski definition) is 7. The summed E-state index contributed by atoms with van der Waals surface area (Å²) in [5, 5.41) is 3.06. The van der Waals surface area contributed by atoms with Crippen LogP contribution in [0.1, 0.15) is 48.4 Å². The molecule has 1 N–H and O–H groups in total. The molecule has 1 aromatic heterocycles. The second-order valence-corrected chi connectivity index (χ2v) is 10.2. The summed E-state index contributed by atoms with van der Waals surface area (Å²) in [6.07, 6.45) is 5.69. The zero-order valence-corrected chi connectivity index (χ0v) is 21.8. The van der Waals surface area contributed by atoms with Crippen molar-refractivity contribution in [3.8, 4) is 17.2 Å². The van der Waals surface area contributed by atoms with Crippen LogP contribution in [-0.2, 0) is 14.9 Å². The number of benzene rings is 2. The molecule has 38 heavy (non-hydrogen) atoms. The summed E-state index contributed by atoms with van der Waals surface area (Å²) in [7, 11) is 3.44. The van der Waals surface area contributed by atoms with E-state index in [0.29, 0.717) is 24.2 Å². The number of methoxy groups -OCH3 is 2. The maximum absolute atomic E-state index is 13.4. The maximum Gasteiger partial charge on any atom is 0.236 e. The Balaban J connectivity index is 1.24. The normalized spacial score (nSPS) is 20.2. The number of amides is 1. The van der Waals surface area contributed by atoms with Crippen LogP contribution in [0.4, 0.5) is 5.82 Å². The first kappa shape index (κ1) is 24.7. The van der Waals surface area contributed by atoms with Crippen LogP contribution in [0.2, 0.25) is 0 Å². The molecule has 8 nitrogen and oxygen atoms in total. The predicted molar refractivity (Wildman–Crippen MR) is 143 cm³/mol. The summed E-state index contributed by atoms with van der Waals surface area (Å²) in [5.41, 5.74) is 2.61. The van der Waals surface area contributed by atoms with E-state index in [1.807, 2.05) is 42.6 Å². The summed E-state index contributed by atoms with van der Waals surface area (Å²) in [6.45, 7) is 1.88. The summed E-state index contributed by atoms with van der Waals surface area (Å²) >= 11 is 0. The first-order chi connectivity index (χ1) is 18.6. The van der Waals surface area contributed by atoms with Crippen molar-refractivity contribution in [2.75, 3.05) is 39.5 Å². The zero-order chi connectivity index (χ0) is 26.1. The number of anilines is 1. The first-order valence-corrected chi connectivity index (χ1v) is 13.2. The number of aromatic nitrogens is 1. The molecular weight excluding hydrogens is 482 g/mol. The number of likely N-dealkylation sites (tertiary alicyclic amines) is 1. The zero-order valence-electron chi connectivity index (χ0n) is 21.8. The quantitative estimate of drug-likeness (QED) is 0.443. The van der Waals surface area contributed by atoms with E-state index in [-0.39, 0.29) is 18.7 Å². The third-order valence-corrected chi connectivity index (χ3v) is 7.98. The van der Waals surface area contributed by atoms with Crippen molar-refractivity contribution >= 4 is 11.7 Å². The molecule has 0 spiro atoms. The molecule has 0 bridgehead atoms. The van der Waals surface area contributed by atoms with Gasteiger partial charge >= 0.3 is 0 Å². The smallest absolute Gasteiger partial charge is 0.236 e. The third-order valence-electron chi connectivity index (χ3n) is 7.98. The van der Waals surface area contributed by atoms with Crippen molar-refractivity contribution in [1.29, 1.82) is 0 Å². The van der Waals surface area contributed by atoms with Crippen LogP contribution in [0, 0.1) is 0 Å². The van der Waals surface area contributed by atoms with Gasteiger partial charge in [0.1, 0.15) is 11.6 Å². The van der Waals surface area contributed by atoms with Crippen molar-refractivity contribution in [2.45, 2.75) is 43.2 Å². The average Bonchev–Trinajstić information content (AvgIpc) is 3.42. The summed E-state index contributed by atoms with van der Waals surface area (Å²) in [6, 6.07) is 18.3. The molecule has 2 fully saturated rings. The van der Waals surface area contributed by atoms with Crippen molar-refractivity contribution in [1.82, 2.24) is 9.88 Å². The van der Waals surface area contributed by atoms with E-state index >= 15 is 0 Å². The van der Waals surface area contributed by atoms with Gasteiger partial charge in [-0.1, -0.05) is 24.3 Å². The SMILES string of the molecule is COC[C@@H]1CCCN1C(c1ccc(NC(=O)C2(c3ccc4c(c3)OCO4)CC2)nc1)c1cccc(OC)c1. The van der Waals surface area contributed by atoms with Crippen LogP contribution in [0.3, 0.4) is 0 Å². The predicted octanol–water partition coefficient (Wildman–Crippen LogP) is 4.69. The second kappa shape index (κ2) is 10.3. The average molecular weight is 516 g/mol. The number of pyridine rings is 1. The molecule has 6 rings (SSSR count). The number of hydrogen-bond donors (Lipinski definition) is 1. The molecule has 0 radical (unpaired) electrons. The minimum Gasteiger partial charge on any atom is -0.497 e. The number of carbonyl (C=O) groups excluding carboxylic acids is 1. The van der Waals surface area contributed by atoms with Gasteiger partial charge in [-0.2, -0.15) is 0 Å². The molecule has 3 aliphatic rings. The summed E-state index contributed by atoms with van der Waals surface area (Å²) in [5.74, 6) is 2.75. The molecule has 3 heterocycles. The van der Waals surface area contributed by atoms with Gasteiger partial charge in [0, 0.05) is 19.3 Å². The molecule has 8 heteroatoms. The van der Waals surface area contributed by atoms with E-state index in [9.17, 15) is 4.79 Å². The molecule has 3 aromatic rings. The van der Waals surface area contributed by atoms with Crippen molar-refractivity contribution < 1.29 is 23.7 Å². The fourth-order valence-corrected chi connectivity index (χ4v) is 5.80. The lowest BCUT2D eigenvalue weighted by atomic mass is 9.94. The Hall–Kier alpha value is -3.62. The van der Waals surface area contributed by atoms with Gasteiger partial charge in [-0.15, -0.1) is 0 Å². The van der Waals surface area contributed by atoms with Gasteiger partial charge in [0.25, 0.3) is 0 Å². The number of rotatable bonds is 9. The Morgan fingerprint density at radius 1 is 1.11 bits per heavy atom. The largest absolute Gasteiger partial charge is 0.497 e. The highest BCUT2D eigenvalue weighted by Gasteiger charge is 2.51. The van der Waals surface area contributed by atoms with E-state index in [1.165, 1.54) is 0 Å². The van der Waals surface area contributed by atoms with E-state index in [0.717, 1.165) is 60.4 Å². The third kappa shape index (κ3) is 4.59. The van der Waals surface area contributed by atoms with Crippen LogP contribution in [0.15, 0.2) is 60.8 Å². The number of nitrogens with zero attached hydrogens (tertiary/aromatic N) is 2. The van der Waals surface area contributed by atoms with Crippen LogP contribution < -0.4 is 19.5 Å². The van der Waals surface area contributed by atoms with Crippen LogP contribution in [0.25, 0.3) is 0 Å². The van der Waals surface area contributed by atoms with Gasteiger partial charge in [-0.3, -0.25) is 9.69 Å². The van der Waals surface area contributed by atoms with E-state index in [4.69, 9.17) is 18.9 Å². The molecule has 1 aliphatic carbocycles. The van der Waals surface area contributed by atoms with Gasteiger partial charge in [-0.05, 0) is 79.3 Å².